The van der Waals surface area contributed by atoms with Gasteiger partial charge in [0.1, 0.15) is 11.4 Å². The zero-order valence-electron chi connectivity index (χ0n) is 30.5. The van der Waals surface area contributed by atoms with Crippen molar-refractivity contribution < 1.29 is 19.1 Å². The molecular formula is C41H52N6O4. The summed E-state index contributed by atoms with van der Waals surface area (Å²) >= 11 is 0. The minimum absolute atomic E-state index is 0.0170. The number of nitrogens with zero attached hydrogens (tertiary/aromatic N) is 5. The number of unbranched alkanes of at least 4 members (excludes halogenated alkanes) is 1. The molecule has 3 aromatic carbocycles. The summed E-state index contributed by atoms with van der Waals surface area (Å²) in [6, 6.07) is 25.7. The van der Waals surface area contributed by atoms with Gasteiger partial charge in [-0.05, 0) is 88.4 Å². The van der Waals surface area contributed by atoms with E-state index in [1.54, 1.807) is 0 Å². The molecule has 0 saturated carbocycles. The third-order valence-electron chi connectivity index (χ3n) is 9.77. The average molecular weight is 693 g/mol. The molecular weight excluding hydrogens is 640 g/mol. The number of para-hydroxylation sites is 3. The maximum atomic E-state index is 14.0. The van der Waals surface area contributed by atoms with Crippen molar-refractivity contribution >= 4 is 40.3 Å². The van der Waals surface area contributed by atoms with E-state index in [1.807, 2.05) is 91.2 Å². The number of benzene rings is 3. The smallest absolute Gasteiger partial charge is 0.407 e. The van der Waals surface area contributed by atoms with Gasteiger partial charge in [-0.15, -0.1) is 0 Å². The lowest BCUT2D eigenvalue weighted by molar-refractivity contribution is -0.133. The summed E-state index contributed by atoms with van der Waals surface area (Å²) in [5, 5.41) is 3.00. The van der Waals surface area contributed by atoms with Gasteiger partial charge in [0, 0.05) is 62.5 Å². The molecule has 6 rings (SSSR count). The van der Waals surface area contributed by atoms with Gasteiger partial charge in [0.25, 0.3) is 0 Å². The molecule has 270 valence electrons. The number of ether oxygens (including phenoxy) is 1. The minimum Gasteiger partial charge on any atom is -0.444 e. The number of hydrogen-bond acceptors (Lipinski definition) is 6. The molecule has 2 atom stereocenters. The molecule has 0 unspecified atom stereocenters. The highest BCUT2D eigenvalue weighted by Crippen LogP contribution is 2.30. The molecule has 1 N–H and O–H groups in total. The highest BCUT2D eigenvalue weighted by molar-refractivity contribution is 5.97. The summed E-state index contributed by atoms with van der Waals surface area (Å²) in [7, 11) is 0. The van der Waals surface area contributed by atoms with E-state index >= 15 is 0 Å². The third kappa shape index (κ3) is 9.09. The van der Waals surface area contributed by atoms with E-state index in [2.05, 4.69) is 39.9 Å². The van der Waals surface area contributed by atoms with Crippen molar-refractivity contribution in [3.63, 3.8) is 0 Å². The Balaban J connectivity index is 1.13. The second kappa shape index (κ2) is 16.0. The lowest BCUT2D eigenvalue weighted by atomic mass is 9.95. The van der Waals surface area contributed by atoms with E-state index in [0.717, 1.165) is 72.6 Å². The Morgan fingerprint density at radius 2 is 1.69 bits per heavy atom. The SMILES string of the molecule is CCCCn1c([C@@H]2CCCN(C(=O)C[C@@H](Cc3ccc(N4CCN(c5ccccc5)C(=O)C4)cc3)NC(=O)OC(C)(C)C)C2)nc2ccccc21. The van der Waals surface area contributed by atoms with Crippen molar-refractivity contribution in [2.75, 3.05) is 42.5 Å². The standard InChI is InChI=1S/C41H52N6O4/c1-5-6-23-47-36-17-11-10-16-35(36)43-39(47)31-13-12-22-45(28-31)37(48)27-32(42-40(50)51-41(2,3)4)26-30-18-20-33(21-19-30)44-24-25-46(38(49)29-44)34-14-8-7-9-15-34/h7-11,14-21,31-32H,5-6,12-13,22-29H2,1-4H3,(H,42,50)/t31-,32-/m1/s1. The fraction of sp³-hybridized carbons (Fsp3) is 0.463. The van der Waals surface area contributed by atoms with Crippen LogP contribution in [-0.2, 0) is 27.3 Å². The first kappa shape index (κ1) is 35.9. The summed E-state index contributed by atoms with van der Waals surface area (Å²) in [6.07, 6.45) is 4.16. The van der Waals surface area contributed by atoms with Crippen LogP contribution >= 0.6 is 0 Å². The minimum atomic E-state index is -0.661. The van der Waals surface area contributed by atoms with E-state index in [4.69, 9.17) is 9.72 Å². The predicted octanol–water partition coefficient (Wildman–Crippen LogP) is 6.92. The van der Waals surface area contributed by atoms with E-state index in [0.29, 0.717) is 32.6 Å². The zero-order chi connectivity index (χ0) is 36.0. The number of likely N-dealkylation sites (tertiary alicyclic amines) is 1. The average Bonchev–Trinajstić information content (AvgIpc) is 3.49. The van der Waals surface area contributed by atoms with Crippen LogP contribution in [0.5, 0.6) is 0 Å². The second-order valence-electron chi connectivity index (χ2n) is 14.9. The molecule has 4 aromatic rings. The van der Waals surface area contributed by atoms with Crippen molar-refractivity contribution in [2.24, 2.45) is 0 Å². The number of anilines is 2. The van der Waals surface area contributed by atoms with Crippen LogP contribution in [0.2, 0.25) is 0 Å². The van der Waals surface area contributed by atoms with Crippen LogP contribution in [0.1, 0.15) is 77.1 Å². The van der Waals surface area contributed by atoms with E-state index < -0.39 is 17.7 Å². The Hall–Kier alpha value is -4.86. The van der Waals surface area contributed by atoms with Crippen molar-refractivity contribution in [1.82, 2.24) is 19.8 Å². The van der Waals surface area contributed by atoms with Crippen LogP contribution in [0, 0.1) is 0 Å². The maximum Gasteiger partial charge on any atom is 0.407 e. The van der Waals surface area contributed by atoms with Crippen LogP contribution in [0.3, 0.4) is 0 Å². The molecule has 2 aliphatic heterocycles. The first-order valence-electron chi connectivity index (χ1n) is 18.5. The fourth-order valence-electron chi connectivity index (χ4n) is 7.26. The highest BCUT2D eigenvalue weighted by atomic mass is 16.6. The number of nitrogens with one attached hydrogen (secondary N) is 1. The van der Waals surface area contributed by atoms with Gasteiger partial charge in [0.05, 0.1) is 17.6 Å². The van der Waals surface area contributed by atoms with Crippen LogP contribution < -0.4 is 15.1 Å². The number of aromatic nitrogens is 2. The normalized spacial score (nSPS) is 17.5. The monoisotopic (exact) mass is 692 g/mol. The Labute approximate surface area is 301 Å². The molecule has 3 heterocycles. The molecule has 10 heteroatoms. The molecule has 2 saturated heterocycles. The Kier molecular flexibility index (Phi) is 11.3. The fourth-order valence-corrected chi connectivity index (χ4v) is 7.26. The largest absolute Gasteiger partial charge is 0.444 e. The summed E-state index contributed by atoms with van der Waals surface area (Å²) in [5.74, 6) is 1.30. The van der Waals surface area contributed by atoms with Crippen molar-refractivity contribution in [3.8, 4) is 0 Å². The molecule has 2 fully saturated rings. The Morgan fingerprint density at radius 1 is 0.941 bits per heavy atom. The summed E-state index contributed by atoms with van der Waals surface area (Å²) in [6.45, 7) is 11.5. The number of imidazole rings is 1. The number of carbonyl (C=O) groups excluding carboxylic acids is 3. The molecule has 0 radical (unpaired) electrons. The van der Waals surface area contributed by atoms with Crippen LogP contribution in [0.15, 0.2) is 78.9 Å². The topological polar surface area (TPSA) is 100 Å². The number of rotatable bonds is 11. The number of aryl methyl sites for hydroxylation is 1. The third-order valence-corrected chi connectivity index (χ3v) is 9.77. The quantitative estimate of drug-likeness (QED) is 0.183. The first-order chi connectivity index (χ1) is 24.6. The van der Waals surface area contributed by atoms with Gasteiger partial charge in [-0.3, -0.25) is 9.59 Å². The summed E-state index contributed by atoms with van der Waals surface area (Å²) in [5.41, 5.74) is 4.37. The molecule has 0 spiro atoms. The number of piperazine rings is 1. The van der Waals surface area contributed by atoms with Gasteiger partial charge in [0.15, 0.2) is 0 Å². The van der Waals surface area contributed by atoms with Crippen LogP contribution in [0.4, 0.5) is 16.2 Å². The highest BCUT2D eigenvalue weighted by Gasteiger charge is 2.31. The van der Waals surface area contributed by atoms with E-state index in [1.165, 1.54) is 0 Å². The van der Waals surface area contributed by atoms with Crippen LogP contribution in [0.25, 0.3) is 11.0 Å². The molecule has 2 aliphatic rings. The van der Waals surface area contributed by atoms with E-state index in [9.17, 15) is 14.4 Å². The summed E-state index contributed by atoms with van der Waals surface area (Å²) in [4.78, 5) is 50.9. The zero-order valence-corrected chi connectivity index (χ0v) is 30.5. The lowest BCUT2D eigenvalue weighted by Gasteiger charge is -2.35. The molecule has 3 amide bonds. The predicted molar refractivity (Wildman–Crippen MR) is 202 cm³/mol. The Bertz CT molecular complexity index is 1800. The van der Waals surface area contributed by atoms with Gasteiger partial charge in [-0.1, -0.05) is 55.8 Å². The number of piperidine rings is 1. The van der Waals surface area contributed by atoms with Crippen LogP contribution in [-0.4, -0.2) is 76.7 Å². The molecule has 0 aliphatic carbocycles. The summed E-state index contributed by atoms with van der Waals surface area (Å²) < 4.78 is 7.96. The van der Waals surface area contributed by atoms with Gasteiger partial charge < -0.3 is 29.3 Å². The Morgan fingerprint density at radius 3 is 2.41 bits per heavy atom. The van der Waals surface area contributed by atoms with Crippen molar-refractivity contribution in [1.29, 1.82) is 0 Å². The lowest BCUT2D eigenvalue weighted by Crippen LogP contribution is -2.50. The van der Waals surface area contributed by atoms with Gasteiger partial charge in [-0.25, -0.2) is 9.78 Å². The van der Waals surface area contributed by atoms with Crippen molar-refractivity contribution in [3.05, 3.63) is 90.3 Å². The first-order valence-corrected chi connectivity index (χ1v) is 18.5. The van der Waals surface area contributed by atoms with Gasteiger partial charge in [0.2, 0.25) is 11.8 Å². The van der Waals surface area contributed by atoms with E-state index in [-0.39, 0.29) is 24.2 Å². The van der Waals surface area contributed by atoms with Gasteiger partial charge in [-0.2, -0.15) is 0 Å². The van der Waals surface area contributed by atoms with Crippen molar-refractivity contribution in [2.45, 2.75) is 90.3 Å². The molecule has 1 aromatic heterocycles. The number of alkyl carbamates (subject to hydrolysis) is 1. The second-order valence-corrected chi connectivity index (χ2v) is 14.9. The van der Waals surface area contributed by atoms with Gasteiger partial charge >= 0.3 is 6.09 Å². The number of carbonyl (C=O) groups is 3. The molecule has 0 bridgehead atoms. The molecule has 51 heavy (non-hydrogen) atoms. The number of fused-ring (bicyclic) bond motifs is 1. The maximum absolute atomic E-state index is 14.0. The number of amides is 3. The number of hydrogen-bond donors (Lipinski definition) is 1. The molecule has 10 nitrogen and oxygen atoms in total.